The van der Waals surface area contributed by atoms with Crippen molar-refractivity contribution in [1.29, 1.82) is 0 Å². The van der Waals surface area contributed by atoms with Crippen LogP contribution in [0.1, 0.15) is 23.4 Å². The number of hydrogen-bond acceptors (Lipinski definition) is 4. The number of carbonyl (C=O) groups excluding carboxylic acids is 2. The highest BCUT2D eigenvalue weighted by molar-refractivity contribution is 6.33. The van der Waals surface area contributed by atoms with Gasteiger partial charge >= 0.3 is 0 Å². The van der Waals surface area contributed by atoms with Gasteiger partial charge in [0.05, 0.1) is 11.6 Å². The van der Waals surface area contributed by atoms with Crippen molar-refractivity contribution in [3.8, 4) is 11.3 Å². The summed E-state index contributed by atoms with van der Waals surface area (Å²) in [5, 5.41) is 3.53. The minimum absolute atomic E-state index is 0.0329. The van der Waals surface area contributed by atoms with Gasteiger partial charge in [-0.3, -0.25) is 14.5 Å². The standard InChI is InChI=1S/C18H20ClN3O3/c19-14-6-2-1-5-13(14)15-7-8-16(25-15)18(24)21-12-4-3-9-22(10-12)11-17(20)23/h1-2,5-8,12H,3-4,9-11H2,(H2,20,23)(H,21,24)/t12-/m1/s1. The molecule has 0 radical (unpaired) electrons. The predicted octanol–water partition coefficient (Wildman–Crippen LogP) is 2.28. The summed E-state index contributed by atoms with van der Waals surface area (Å²) in [6, 6.07) is 10.6. The van der Waals surface area contributed by atoms with E-state index in [0.717, 1.165) is 24.9 Å². The van der Waals surface area contributed by atoms with Gasteiger partial charge in [0.1, 0.15) is 5.76 Å². The van der Waals surface area contributed by atoms with Crippen molar-refractivity contribution in [2.24, 2.45) is 5.73 Å². The zero-order valence-corrected chi connectivity index (χ0v) is 14.5. The molecule has 1 fully saturated rings. The van der Waals surface area contributed by atoms with E-state index in [-0.39, 0.29) is 30.2 Å². The number of benzene rings is 1. The van der Waals surface area contributed by atoms with Gasteiger partial charge in [-0.05, 0) is 43.7 Å². The van der Waals surface area contributed by atoms with Gasteiger partial charge in [-0.2, -0.15) is 0 Å². The molecule has 2 aromatic rings. The van der Waals surface area contributed by atoms with E-state index in [1.54, 1.807) is 18.2 Å². The van der Waals surface area contributed by atoms with Gasteiger partial charge < -0.3 is 15.5 Å². The first-order chi connectivity index (χ1) is 12.0. The molecule has 0 aliphatic carbocycles. The molecule has 0 bridgehead atoms. The molecule has 0 spiro atoms. The predicted molar refractivity (Wildman–Crippen MR) is 95.3 cm³/mol. The molecule has 1 aliphatic rings. The minimum atomic E-state index is -0.359. The SMILES string of the molecule is NC(=O)CN1CCC[C@@H](NC(=O)c2ccc(-c3ccccc3Cl)o2)C1. The Morgan fingerprint density at radius 1 is 1.28 bits per heavy atom. The third-order valence-electron chi connectivity index (χ3n) is 4.19. The second kappa shape index (κ2) is 7.72. The van der Waals surface area contributed by atoms with E-state index in [1.165, 1.54) is 0 Å². The first-order valence-electron chi connectivity index (χ1n) is 8.19. The van der Waals surface area contributed by atoms with Gasteiger partial charge in [-0.1, -0.05) is 23.7 Å². The van der Waals surface area contributed by atoms with Crippen molar-refractivity contribution in [2.45, 2.75) is 18.9 Å². The number of halogens is 1. The first-order valence-corrected chi connectivity index (χ1v) is 8.57. The fourth-order valence-corrected chi connectivity index (χ4v) is 3.29. The van der Waals surface area contributed by atoms with Crippen molar-refractivity contribution < 1.29 is 14.0 Å². The van der Waals surface area contributed by atoms with Crippen molar-refractivity contribution in [2.75, 3.05) is 19.6 Å². The Morgan fingerprint density at radius 2 is 2.08 bits per heavy atom. The van der Waals surface area contributed by atoms with Crippen LogP contribution in [0.25, 0.3) is 11.3 Å². The molecular formula is C18H20ClN3O3. The Balaban J connectivity index is 1.64. The van der Waals surface area contributed by atoms with Gasteiger partial charge in [-0.15, -0.1) is 0 Å². The number of nitrogens with two attached hydrogens (primary N) is 1. The zero-order chi connectivity index (χ0) is 17.8. The number of primary amides is 1. The lowest BCUT2D eigenvalue weighted by molar-refractivity contribution is -0.119. The van der Waals surface area contributed by atoms with Gasteiger partial charge in [0.2, 0.25) is 5.91 Å². The van der Waals surface area contributed by atoms with Gasteiger partial charge in [0.25, 0.3) is 5.91 Å². The number of carbonyl (C=O) groups is 2. The first kappa shape index (κ1) is 17.5. The molecule has 1 aromatic heterocycles. The molecule has 25 heavy (non-hydrogen) atoms. The van der Waals surface area contributed by atoms with Gasteiger partial charge in [-0.25, -0.2) is 0 Å². The molecule has 2 amide bonds. The largest absolute Gasteiger partial charge is 0.451 e. The summed E-state index contributed by atoms with van der Waals surface area (Å²) >= 11 is 6.16. The lowest BCUT2D eigenvalue weighted by Gasteiger charge is -2.32. The average molecular weight is 362 g/mol. The Kier molecular flexibility index (Phi) is 5.40. The van der Waals surface area contributed by atoms with E-state index in [9.17, 15) is 9.59 Å². The van der Waals surface area contributed by atoms with Gasteiger partial charge in [0.15, 0.2) is 5.76 Å². The summed E-state index contributed by atoms with van der Waals surface area (Å²) in [5.74, 6) is 0.156. The molecule has 1 aliphatic heterocycles. The number of nitrogens with one attached hydrogen (secondary N) is 1. The summed E-state index contributed by atoms with van der Waals surface area (Å²) in [6.07, 6.45) is 1.76. The lowest BCUT2D eigenvalue weighted by atomic mass is 10.1. The van der Waals surface area contributed by atoms with Crippen LogP contribution < -0.4 is 11.1 Å². The summed E-state index contributed by atoms with van der Waals surface area (Å²) in [6.45, 7) is 1.63. The molecule has 6 nitrogen and oxygen atoms in total. The highest BCUT2D eigenvalue weighted by atomic mass is 35.5. The molecular weight excluding hydrogens is 342 g/mol. The van der Waals surface area contributed by atoms with Crippen LogP contribution in [0.5, 0.6) is 0 Å². The normalized spacial score (nSPS) is 18.0. The summed E-state index contributed by atoms with van der Waals surface area (Å²) in [4.78, 5) is 25.4. The Hall–Kier alpha value is -2.31. The maximum absolute atomic E-state index is 12.4. The van der Waals surface area contributed by atoms with Crippen LogP contribution in [0.3, 0.4) is 0 Å². The van der Waals surface area contributed by atoms with E-state index < -0.39 is 0 Å². The number of piperidine rings is 1. The third-order valence-corrected chi connectivity index (χ3v) is 4.52. The van der Waals surface area contributed by atoms with E-state index >= 15 is 0 Å². The molecule has 0 saturated carbocycles. The molecule has 132 valence electrons. The van der Waals surface area contributed by atoms with Crippen molar-refractivity contribution in [1.82, 2.24) is 10.2 Å². The summed E-state index contributed by atoms with van der Waals surface area (Å²) in [7, 11) is 0. The van der Waals surface area contributed by atoms with Crippen molar-refractivity contribution in [3.05, 3.63) is 47.2 Å². The number of rotatable bonds is 5. The molecule has 0 unspecified atom stereocenters. The summed E-state index contributed by atoms with van der Waals surface area (Å²) in [5.41, 5.74) is 5.98. The number of nitrogens with zero attached hydrogens (tertiary/aromatic N) is 1. The number of furan rings is 1. The highest BCUT2D eigenvalue weighted by Gasteiger charge is 2.24. The monoisotopic (exact) mass is 361 g/mol. The third kappa shape index (κ3) is 4.41. The topological polar surface area (TPSA) is 88.6 Å². The Labute approximate surface area is 150 Å². The maximum Gasteiger partial charge on any atom is 0.287 e. The number of likely N-dealkylation sites (tertiary alicyclic amines) is 1. The van der Waals surface area contributed by atoms with Crippen molar-refractivity contribution >= 4 is 23.4 Å². The van der Waals surface area contributed by atoms with E-state index in [2.05, 4.69) is 5.32 Å². The second-order valence-electron chi connectivity index (χ2n) is 6.16. The molecule has 3 N–H and O–H groups in total. The van der Waals surface area contributed by atoms with Crippen LogP contribution in [-0.2, 0) is 4.79 Å². The lowest BCUT2D eigenvalue weighted by Crippen LogP contribution is -2.49. The Morgan fingerprint density at radius 3 is 2.84 bits per heavy atom. The van der Waals surface area contributed by atoms with Crippen LogP contribution >= 0.6 is 11.6 Å². The maximum atomic E-state index is 12.4. The fourth-order valence-electron chi connectivity index (χ4n) is 3.06. The van der Waals surface area contributed by atoms with Crippen LogP contribution in [-0.4, -0.2) is 42.4 Å². The van der Waals surface area contributed by atoms with Gasteiger partial charge in [0, 0.05) is 18.2 Å². The quantitative estimate of drug-likeness (QED) is 0.855. The second-order valence-corrected chi connectivity index (χ2v) is 6.56. The highest BCUT2D eigenvalue weighted by Crippen LogP contribution is 2.29. The molecule has 1 aromatic carbocycles. The van der Waals surface area contributed by atoms with E-state index in [4.69, 9.17) is 21.8 Å². The molecule has 1 saturated heterocycles. The molecule has 2 heterocycles. The van der Waals surface area contributed by atoms with E-state index in [0.29, 0.717) is 17.3 Å². The van der Waals surface area contributed by atoms with Crippen LogP contribution in [0.2, 0.25) is 5.02 Å². The number of hydrogen-bond donors (Lipinski definition) is 2. The molecule has 7 heteroatoms. The average Bonchev–Trinajstić information content (AvgIpc) is 3.05. The zero-order valence-electron chi connectivity index (χ0n) is 13.7. The smallest absolute Gasteiger partial charge is 0.287 e. The molecule has 1 atom stereocenters. The fraction of sp³-hybridized carbons (Fsp3) is 0.333. The minimum Gasteiger partial charge on any atom is -0.451 e. The summed E-state index contributed by atoms with van der Waals surface area (Å²) < 4.78 is 5.66. The molecule has 3 rings (SSSR count). The van der Waals surface area contributed by atoms with E-state index in [1.807, 2.05) is 23.1 Å². The van der Waals surface area contributed by atoms with Crippen molar-refractivity contribution in [3.63, 3.8) is 0 Å². The van der Waals surface area contributed by atoms with Crippen LogP contribution in [0.15, 0.2) is 40.8 Å². The van der Waals surface area contributed by atoms with Crippen LogP contribution in [0, 0.1) is 0 Å². The Bertz CT molecular complexity index is 774. The van der Waals surface area contributed by atoms with Crippen LogP contribution in [0.4, 0.5) is 0 Å². The number of amides is 2.